The topological polar surface area (TPSA) is 59.3 Å². The minimum absolute atomic E-state index is 0.244. The van der Waals surface area contributed by atoms with Crippen LogP contribution in [0.3, 0.4) is 0 Å². The van der Waals surface area contributed by atoms with Gasteiger partial charge in [0.05, 0.1) is 25.2 Å². The Labute approximate surface area is 123 Å². The van der Waals surface area contributed by atoms with Crippen LogP contribution >= 0.6 is 0 Å². The maximum Gasteiger partial charge on any atom is 0.309 e. The number of hydrogen-bond acceptors (Lipinski definition) is 4. The lowest BCUT2D eigenvalue weighted by Crippen LogP contribution is -2.04. The smallest absolute Gasteiger partial charge is 0.309 e. The molecule has 2 aromatic carbocycles. The number of hydrogen-bond donors (Lipinski definition) is 0. The number of ether oxygens (including phenoxy) is 2. The third-order valence-corrected chi connectivity index (χ3v) is 3.03. The molecule has 0 unspecified atom stereocenters. The quantitative estimate of drug-likeness (QED) is 0.791. The number of benzene rings is 2. The van der Waals surface area contributed by atoms with Gasteiger partial charge in [0.1, 0.15) is 12.4 Å². The molecule has 0 atom stereocenters. The van der Waals surface area contributed by atoms with Gasteiger partial charge >= 0.3 is 5.97 Å². The van der Waals surface area contributed by atoms with Crippen LogP contribution in [-0.2, 0) is 22.6 Å². The Balaban J connectivity index is 1.98. The van der Waals surface area contributed by atoms with Gasteiger partial charge in [-0.1, -0.05) is 30.3 Å². The minimum atomic E-state index is -0.272. The van der Waals surface area contributed by atoms with E-state index in [2.05, 4.69) is 10.8 Å². The van der Waals surface area contributed by atoms with Gasteiger partial charge in [-0.15, -0.1) is 0 Å². The molecule has 0 aromatic heterocycles. The standard InChI is InChI=1S/C17H15NO3/c1-20-17(19)10-13-6-8-16(9-7-13)21-12-15-5-3-2-4-14(15)11-18/h2-9H,10,12H2,1H3. The molecule has 4 nitrogen and oxygen atoms in total. The summed E-state index contributed by atoms with van der Waals surface area (Å²) in [7, 11) is 1.37. The summed E-state index contributed by atoms with van der Waals surface area (Å²) in [6, 6.07) is 16.7. The summed E-state index contributed by atoms with van der Waals surface area (Å²) < 4.78 is 10.3. The van der Waals surface area contributed by atoms with Gasteiger partial charge in [-0.2, -0.15) is 5.26 Å². The van der Waals surface area contributed by atoms with Gasteiger partial charge < -0.3 is 9.47 Å². The van der Waals surface area contributed by atoms with Crippen molar-refractivity contribution in [2.24, 2.45) is 0 Å². The molecule has 0 amide bonds. The van der Waals surface area contributed by atoms with E-state index in [4.69, 9.17) is 10.00 Å². The largest absolute Gasteiger partial charge is 0.489 e. The van der Waals surface area contributed by atoms with Crippen LogP contribution in [0.2, 0.25) is 0 Å². The van der Waals surface area contributed by atoms with Gasteiger partial charge in [0.2, 0.25) is 0 Å². The predicted molar refractivity (Wildman–Crippen MR) is 77.7 cm³/mol. The van der Waals surface area contributed by atoms with Crippen LogP contribution in [0.5, 0.6) is 5.75 Å². The molecule has 0 fully saturated rings. The van der Waals surface area contributed by atoms with Crippen LogP contribution in [-0.4, -0.2) is 13.1 Å². The summed E-state index contributed by atoms with van der Waals surface area (Å²) >= 11 is 0. The molecule has 0 radical (unpaired) electrons. The van der Waals surface area contributed by atoms with Crippen LogP contribution in [0.25, 0.3) is 0 Å². The zero-order valence-corrected chi connectivity index (χ0v) is 11.7. The first kappa shape index (κ1) is 14.6. The third kappa shape index (κ3) is 4.08. The number of carbonyl (C=O) groups is 1. The van der Waals surface area contributed by atoms with Gasteiger partial charge in [0.25, 0.3) is 0 Å². The first-order valence-corrected chi connectivity index (χ1v) is 6.49. The first-order chi connectivity index (χ1) is 10.2. The normalized spacial score (nSPS) is 9.71. The SMILES string of the molecule is COC(=O)Cc1ccc(OCc2ccccc2C#N)cc1. The van der Waals surface area contributed by atoms with Crippen molar-refractivity contribution < 1.29 is 14.3 Å². The van der Waals surface area contributed by atoms with E-state index in [1.807, 2.05) is 30.3 Å². The highest BCUT2D eigenvalue weighted by Crippen LogP contribution is 2.16. The number of nitrogens with zero attached hydrogens (tertiary/aromatic N) is 1. The summed E-state index contributed by atoms with van der Waals surface area (Å²) in [5, 5.41) is 9.01. The van der Waals surface area contributed by atoms with Crippen molar-refractivity contribution in [3.05, 3.63) is 65.2 Å². The molecular weight excluding hydrogens is 266 g/mol. The molecule has 0 bridgehead atoms. The van der Waals surface area contributed by atoms with E-state index >= 15 is 0 Å². The second-order valence-corrected chi connectivity index (χ2v) is 4.45. The molecule has 0 spiro atoms. The molecule has 0 saturated heterocycles. The molecule has 21 heavy (non-hydrogen) atoms. The maximum absolute atomic E-state index is 11.2. The lowest BCUT2D eigenvalue weighted by atomic mass is 10.1. The summed E-state index contributed by atoms with van der Waals surface area (Å²) in [5.74, 6) is 0.419. The number of esters is 1. The van der Waals surface area contributed by atoms with E-state index < -0.39 is 0 Å². The minimum Gasteiger partial charge on any atom is -0.489 e. The van der Waals surface area contributed by atoms with Gasteiger partial charge in [0.15, 0.2) is 0 Å². The van der Waals surface area contributed by atoms with Gasteiger partial charge in [-0.05, 0) is 23.8 Å². The molecule has 0 heterocycles. The van der Waals surface area contributed by atoms with Crippen molar-refractivity contribution in [1.82, 2.24) is 0 Å². The van der Waals surface area contributed by atoms with Crippen LogP contribution in [0.1, 0.15) is 16.7 Å². The fourth-order valence-corrected chi connectivity index (χ4v) is 1.86. The summed E-state index contributed by atoms with van der Waals surface area (Å²) in [5.41, 5.74) is 2.32. The average molecular weight is 281 g/mol. The molecule has 0 aliphatic carbocycles. The van der Waals surface area contributed by atoms with Crippen molar-refractivity contribution in [3.63, 3.8) is 0 Å². The van der Waals surface area contributed by atoms with Gasteiger partial charge in [-0.25, -0.2) is 0 Å². The fraction of sp³-hybridized carbons (Fsp3) is 0.176. The Bertz CT molecular complexity index is 656. The zero-order chi connectivity index (χ0) is 15.1. The van der Waals surface area contributed by atoms with Crippen molar-refractivity contribution in [2.75, 3.05) is 7.11 Å². The Morgan fingerprint density at radius 2 is 1.86 bits per heavy atom. The lowest BCUT2D eigenvalue weighted by Gasteiger charge is -2.08. The van der Waals surface area contributed by atoms with Crippen LogP contribution in [0.15, 0.2) is 48.5 Å². The van der Waals surface area contributed by atoms with E-state index in [1.54, 1.807) is 18.2 Å². The number of carbonyl (C=O) groups excluding carboxylic acids is 1. The molecule has 0 aliphatic heterocycles. The average Bonchev–Trinajstić information content (AvgIpc) is 2.54. The molecule has 4 heteroatoms. The lowest BCUT2D eigenvalue weighted by molar-refractivity contribution is -0.139. The predicted octanol–water partition coefficient (Wildman–Crippen LogP) is 2.85. The van der Waals surface area contributed by atoms with Crippen molar-refractivity contribution >= 4 is 5.97 Å². The number of rotatable bonds is 5. The third-order valence-electron chi connectivity index (χ3n) is 3.03. The van der Waals surface area contributed by atoms with Crippen LogP contribution in [0, 0.1) is 11.3 Å². The molecule has 2 aromatic rings. The van der Waals surface area contributed by atoms with E-state index in [1.165, 1.54) is 7.11 Å². The van der Waals surface area contributed by atoms with Gasteiger partial charge in [-0.3, -0.25) is 4.79 Å². The highest BCUT2D eigenvalue weighted by molar-refractivity contribution is 5.72. The fourth-order valence-electron chi connectivity index (χ4n) is 1.86. The van der Waals surface area contributed by atoms with Crippen molar-refractivity contribution in [1.29, 1.82) is 5.26 Å². The molecular formula is C17H15NO3. The van der Waals surface area contributed by atoms with E-state index in [0.717, 1.165) is 11.1 Å². The Morgan fingerprint density at radius 1 is 1.14 bits per heavy atom. The van der Waals surface area contributed by atoms with E-state index in [9.17, 15) is 4.79 Å². The second kappa shape index (κ2) is 7.11. The molecule has 106 valence electrons. The van der Waals surface area contributed by atoms with Crippen molar-refractivity contribution in [3.8, 4) is 11.8 Å². The number of methoxy groups -OCH3 is 1. The molecule has 0 aliphatic rings. The molecule has 2 rings (SSSR count). The summed E-state index contributed by atoms with van der Waals surface area (Å²) in [6.07, 6.45) is 0.244. The summed E-state index contributed by atoms with van der Waals surface area (Å²) in [6.45, 7) is 0.333. The second-order valence-electron chi connectivity index (χ2n) is 4.45. The summed E-state index contributed by atoms with van der Waals surface area (Å²) in [4.78, 5) is 11.2. The highest BCUT2D eigenvalue weighted by atomic mass is 16.5. The monoisotopic (exact) mass is 281 g/mol. The highest BCUT2D eigenvalue weighted by Gasteiger charge is 2.04. The zero-order valence-electron chi connectivity index (χ0n) is 11.7. The first-order valence-electron chi connectivity index (χ1n) is 6.49. The van der Waals surface area contributed by atoms with Crippen LogP contribution in [0.4, 0.5) is 0 Å². The van der Waals surface area contributed by atoms with Crippen LogP contribution < -0.4 is 4.74 Å². The van der Waals surface area contributed by atoms with E-state index in [-0.39, 0.29) is 12.4 Å². The van der Waals surface area contributed by atoms with Gasteiger partial charge in [0, 0.05) is 5.56 Å². The Kier molecular flexibility index (Phi) is 4.94. The maximum atomic E-state index is 11.2. The Hall–Kier alpha value is -2.80. The molecule has 0 saturated carbocycles. The number of nitriles is 1. The van der Waals surface area contributed by atoms with Crippen molar-refractivity contribution in [2.45, 2.75) is 13.0 Å². The molecule has 0 N–H and O–H groups in total. The van der Waals surface area contributed by atoms with E-state index in [0.29, 0.717) is 17.9 Å². The Morgan fingerprint density at radius 3 is 2.52 bits per heavy atom.